The van der Waals surface area contributed by atoms with Gasteiger partial charge in [0, 0.05) is 34.6 Å². The van der Waals surface area contributed by atoms with Crippen LogP contribution in [-0.4, -0.2) is 138 Å². The molecule has 4 rings (SSSR count). The molecule has 12 atom stereocenters. The molecule has 2 fully saturated rings. The van der Waals surface area contributed by atoms with E-state index in [1.807, 2.05) is 0 Å². The number of imidazole rings is 1. The molecule has 2 aromatic heterocycles. The Hall–Kier alpha value is -4.20. The SMILES string of the molecule is CC(=O)OC[C@H](OC(C)=O)C1O[C@@H](OP(=O)(O)OP(=O)(O)OC[C@H]2O[C@@H](n3cnc4c(N)ncnc43)C(O)C2O)[C@H](OC(C)=O)C(OC(C)=O)[C@@H]1OC(C)=O. The van der Waals surface area contributed by atoms with Gasteiger partial charge in [0.05, 0.1) is 12.9 Å². The number of aromatic nitrogens is 4. The number of carbonyl (C=O) groups is 5. The van der Waals surface area contributed by atoms with Crippen LogP contribution in [0.1, 0.15) is 40.8 Å². The average Bonchev–Trinajstić information content (AvgIpc) is 3.60. The number of carbonyl (C=O) groups excluding carboxylic acids is 5. The molecule has 26 nitrogen and oxygen atoms in total. The van der Waals surface area contributed by atoms with E-state index in [2.05, 4.69) is 19.3 Å². The largest absolute Gasteiger partial charge is 0.483 e. The summed E-state index contributed by atoms with van der Waals surface area (Å²) in [5.74, 6) is -5.18. The van der Waals surface area contributed by atoms with Crippen LogP contribution in [-0.2, 0) is 79.6 Å². The molecule has 0 aliphatic carbocycles. The van der Waals surface area contributed by atoms with Gasteiger partial charge in [0.1, 0.15) is 42.9 Å². The van der Waals surface area contributed by atoms with Gasteiger partial charge in [0.2, 0.25) is 6.29 Å². The number of phosphoric ester groups is 2. The standard InChI is InChI=1S/C27H37N5O21P2/c1-10(33)44-6-16(46-11(2)34)20-21(47-12(3)35)22(48-13(4)36)23(49-14(5)37)27(51-20)52-55(42,43)53-54(40,41)45-7-15-18(38)19(39)26(50-15)32-9-31-17-24(28)29-8-30-25(17)32/h8-9,15-16,18-23,26-27,38-39H,6-7H2,1-5H3,(H,40,41)(H,42,43)(H2,28,29,30)/t15-,16+,18?,19?,20?,21-,22?,23-,26-,27+/m1/s1. The van der Waals surface area contributed by atoms with Crippen molar-refractivity contribution in [2.24, 2.45) is 0 Å². The number of fused-ring (bicyclic) bond motifs is 1. The third-order valence-corrected chi connectivity index (χ3v) is 10.0. The molecular weight excluding hydrogens is 792 g/mol. The first kappa shape index (κ1) is 43.5. The van der Waals surface area contributed by atoms with Crippen molar-refractivity contribution < 1.29 is 99.6 Å². The number of aliphatic hydroxyl groups is 2. The van der Waals surface area contributed by atoms with Crippen LogP contribution in [0.25, 0.3) is 11.2 Å². The fourth-order valence-corrected chi connectivity index (χ4v) is 7.58. The first-order chi connectivity index (χ1) is 25.6. The number of rotatable bonds is 15. The van der Waals surface area contributed by atoms with Gasteiger partial charge in [-0.2, -0.15) is 4.31 Å². The third kappa shape index (κ3) is 11.2. The van der Waals surface area contributed by atoms with E-state index < -0.39 is 120 Å². The van der Waals surface area contributed by atoms with Crippen molar-refractivity contribution in [1.29, 1.82) is 0 Å². The van der Waals surface area contributed by atoms with Crippen LogP contribution in [0.5, 0.6) is 0 Å². The van der Waals surface area contributed by atoms with Gasteiger partial charge in [-0.1, -0.05) is 0 Å². The van der Waals surface area contributed by atoms with Crippen molar-refractivity contribution in [2.45, 2.75) is 96.0 Å². The first-order valence-electron chi connectivity index (χ1n) is 15.7. The van der Waals surface area contributed by atoms with Gasteiger partial charge in [0.25, 0.3) is 0 Å². The maximum atomic E-state index is 13.2. The number of ether oxygens (including phenoxy) is 7. The summed E-state index contributed by atoms with van der Waals surface area (Å²) in [5, 5.41) is 21.2. The molecule has 0 spiro atoms. The summed E-state index contributed by atoms with van der Waals surface area (Å²) >= 11 is 0. The number of phosphoric acid groups is 2. The second-order valence-corrected chi connectivity index (χ2v) is 14.7. The number of nitrogen functional groups attached to an aromatic ring is 1. The highest BCUT2D eigenvalue weighted by atomic mass is 31.3. The molecule has 6 N–H and O–H groups in total. The van der Waals surface area contributed by atoms with Crippen LogP contribution < -0.4 is 5.73 Å². The number of nitrogens with zero attached hydrogens (tertiary/aromatic N) is 4. The van der Waals surface area contributed by atoms with Gasteiger partial charge < -0.3 is 58.9 Å². The summed E-state index contributed by atoms with van der Waals surface area (Å²) in [5.41, 5.74) is 6.00. The lowest BCUT2D eigenvalue weighted by Crippen LogP contribution is -2.65. The summed E-state index contributed by atoms with van der Waals surface area (Å²) in [6.07, 6.45) is -16.2. The van der Waals surface area contributed by atoms with E-state index in [0.29, 0.717) is 0 Å². The van der Waals surface area contributed by atoms with E-state index in [1.54, 1.807) is 0 Å². The van der Waals surface area contributed by atoms with E-state index in [1.165, 1.54) is 10.9 Å². The molecule has 2 aromatic rings. The maximum absolute atomic E-state index is 13.2. The Morgan fingerprint density at radius 2 is 1.45 bits per heavy atom. The van der Waals surface area contributed by atoms with E-state index >= 15 is 0 Å². The van der Waals surface area contributed by atoms with E-state index in [9.17, 15) is 53.1 Å². The Morgan fingerprint density at radius 1 is 0.836 bits per heavy atom. The number of hydrogen-bond acceptors (Lipinski definition) is 23. The van der Waals surface area contributed by atoms with Crippen LogP contribution in [0.2, 0.25) is 0 Å². The zero-order chi connectivity index (χ0) is 41.0. The molecule has 2 aliphatic rings. The molecule has 4 heterocycles. The first-order valence-corrected chi connectivity index (χ1v) is 18.7. The minimum Gasteiger partial charge on any atom is -0.462 e. The number of esters is 5. The molecule has 6 unspecified atom stereocenters. The van der Waals surface area contributed by atoms with Gasteiger partial charge in [-0.15, -0.1) is 0 Å². The molecular formula is C27H37N5O21P2. The molecule has 55 heavy (non-hydrogen) atoms. The van der Waals surface area contributed by atoms with Crippen LogP contribution in [0.4, 0.5) is 5.82 Å². The second kappa shape index (κ2) is 17.7. The van der Waals surface area contributed by atoms with Gasteiger partial charge in [-0.05, 0) is 0 Å². The van der Waals surface area contributed by atoms with Gasteiger partial charge in [-0.3, -0.25) is 37.6 Å². The lowest BCUT2D eigenvalue weighted by Gasteiger charge is -2.45. The minimum absolute atomic E-state index is 0.00339. The van der Waals surface area contributed by atoms with Crippen LogP contribution in [0.15, 0.2) is 12.7 Å². The maximum Gasteiger partial charge on any atom is 0.483 e. The van der Waals surface area contributed by atoms with Crippen molar-refractivity contribution in [2.75, 3.05) is 18.9 Å². The molecule has 306 valence electrons. The fourth-order valence-electron chi connectivity index (χ4n) is 5.42. The van der Waals surface area contributed by atoms with E-state index in [0.717, 1.165) is 40.9 Å². The number of hydrogen-bond donors (Lipinski definition) is 5. The molecule has 0 amide bonds. The molecule has 0 saturated carbocycles. The monoisotopic (exact) mass is 829 g/mol. The predicted octanol–water partition coefficient (Wildman–Crippen LogP) is -1.71. The van der Waals surface area contributed by atoms with Crippen molar-refractivity contribution in [3.63, 3.8) is 0 Å². The zero-order valence-corrected chi connectivity index (χ0v) is 31.1. The summed E-state index contributed by atoms with van der Waals surface area (Å²) < 4.78 is 78.4. The van der Waals surface area contributed by atoms with E-state index in [-0.39, 0.29) is 17.0 Å². The summed E-state index contributed by atoms with van der Waals surface area (Å²) in [6.45, 7) is 2.71. The van der Waals surface area contributed by atoms with Gasteiger partial charge >= 0.3 is 45.5 Å². The second-order valence-electron chi connectivity index (χ2n) is 11.7. The van der Waals surface area contributed by atoms with E-state index in [4.69, 9.17) is 47.9 Å². The summed E-state index contributed by atoms with van der Waals surface area (Å²) in [6, 6.07) is 0. The van der Waals surface area contributed by atoms with Crippen molar-refractivity contribution in [3.05, 3.63) is 12.7 Å². The van der Waals surface area contributed by atoms with Crippen molar-refractivity contribution in [3.8, 4) is 0 Å². The zero-order valence-electron chi connectivity index (χ0n) is 29.3. The molecule has 28 heteroatoms. The molecule has 0 aromatic carbocycles. The number of nitrogens with two attached hydrogens (primary N) is 1. The van der Waals surface area contributed by atoms with Crippen LogP contribution in [0.3, 0.4) is 0 Å². The highest BCUT2D eigenvalue weighted by Gasteiger charge is 2.57. The average molecular weight is 830 g/mol. The molecule has 2 saturated heterocycles. The Labute approximate surface area is 309 Å². The fraction of sp³-hybridized carbons (Fsp3) is 0.630. The molecule has 2 aliphatic heterocycles. The summed E-state index contributed by atoms with van der Waals surface area (Å²) in [4.78, 5) is 92.9. The van der Waals surface area contributed by atoms with Crippen LogP contribution >= 0.6 is 15.6 Å². The third-order valence-electron chi connectivity index (χ3n) is 7.42. The highest BCUT2D eigenvalue weighted by molar-refractivity contribution is 7.61. The lowest BCUT2D eigenvalue weighted by molar-refractivity contribution is -0.301. The van der Waals surface area contributed by atoms with Crippen LogP contribution in [0, 0.1) is 0 Å². The Bertz CT molecular complexity index is 1860. The quantitative estimate of drug-likeness (QED) is 0.0758. The van der Waals surface area contributed by atoms with Gasteiger partial charge in [0.15, 0.2) is 42.1 Å². The number of aliphatic hydroxyl groups excluding tert-OH is 2. The van der Waals surface area contributed by atoms with Crippen molar-refractivity contribution >= 4 is 62.5 Å². The molecule has 0 bridgehead atoms. The highest BCUT2D eigenvalue weighted by Crippen LogP contribution is 2.61. The smallest absolute Gasteiger partial charge is 0.462 e. The Morgan fingerprint density at radius 3 is 2.05 bits per heavy atom. The topological polar surface area (TPSA) is 362 Å². The van der Waals surface area contributed by atoms with Gasteiger partial charge in [-0.25, -0.2) is 24.1 Å². The Balaban J connectivity index is 1.57. The lowest BCUT2D eigenvalue weighted by atomic mass is 9.94. The predicted molar refractivity (Wildman–Crippen MR) is 171 cm³/mol. The molecule has 0 radical (unpaired) electrons. The Kier molecular flexibility index (Phi) is 14.0. The minimum atomic E-state index is -5.95. The number of anilines is 1. The summed E-state index contributed by atoms with van der Waals surface area (Å²) in [7, 11) is -11.7. The van der Waals surface area contributed by atoms with Crippen molar-refractivity contribution in [1.82, 2.24) is 19.5 Å². The normalized spacial score (nSPS) is 29.3.